The van der Waals surface area contributed by atoms with E-state index in [-0.39, 0.29) is 18.0 Å². The summed E-state index contributed by atoms with van der Waals surface area (Å²) in [5.41, 5.74) is 0.227. The third-order valence-electron chi connectivity index (χ3n) is 3.79. The number of halogens is 3. The van der Waals surface area contributed by atoms with Crippen LogP contribution in [0, 0.1) is 0 Å². The van der Waals surface area contributed by atoms with Gasteiger partial charge in [0.2, 0.25) is 5.91 Å². The van der Waals surface area contributed by atoms with Crippen LogP contribution >= 0.6 is 0 Å². The van der Waals surface area contributed by atoms with Crippen LogP contribution in [-0.4, -0.2) is 18.4 Å². The summed E-state index contributed by atoms with van der Waals surface area (Å²) in [5.74, 6) is -0.785. The second-order valence-electron chi connectivity index (χ2n) is 5.99. The smallest absolute Gasteiger partial charge is 0.416 e. The van der Waals surface area contributed by atoms with Crippen LogP contribution in [0.3, 0.4) is 0 Å². The van der Waals surface area contributed by atoms with Crippen molar-refractivity contribution in [2.45, 2.75) is 6.18 Å². The summed E-state index contributed by atoms with van der Waals surface area (Å²) in [5, 5.41) is 7.91. The highest BCUT2D eigenvalue weighted by atomic mass is 19.4. The molecule has 3 N–H and O–H groups in total. The minimum absolute atomic E-state index is 0.0473. The molecule has 0 aliphatic carbocycles. The number of hydrogen-bond acceptors (Lipinski definition) is 4. The Balaban J connectivity index is 1.56. The molecule has 0 radical (unpaired) electrons. The lowest BCUT2D eigenvalue weighted by atomic mass is 10.2. The Hall–Kier alpha value is -3.75. The van der Waals surface area contributed by atoms with Crippen LogP contribution in [0.5, 0.6) is 0 Å². The summed E-state index contributed by atoms with van der Waals surface area (Å²) in [6, 6.07) is 14.1. The van der Waals surface area contributed by atoms with Crippen molar-refractivity contribution in [2.75, 3.05) is 22.5 Å². The molecule has 3 aromatic rings. The van der Waals surface area contributed by atoms with Gasteiger partial charge < -0.3 is 20.4 Å². The first-order valence-electron chi connectivity index (χ1n) is 8.47. The lowest BCUT2D eigenvalue weighted by Crippen LogP contribution is -2.22. The Labute approximate surface area is 163 Å². The summed E-state index contributed by atoms with van der Waals surface area (Å²) < 4.78 is 43.2. The average Bonchev–Trinajstić information content (AvgIpc) is 3.21. The van der Waals surface area contributed by atoms with Crippen LogP contribution in [0.2, 0.25) is 0 Å². The first-order chi connectivity index (χ1) is 13.8. The molecule has 0 saturated carbocycles. The highest BCUT2D eigenvalue weighted by Gasteiger charge is 2.30. The van der Waals surface area contributed by atoms with Gasteiger partial charge in [0.15, 0.2) is 5.76 Å². The predicted octanol–water partition coefficient (Wildman–Crippen LogP) is 4.60. The van der Waals surface area contributed by atoms with Crippen molar-refractivity contribution in [3.05, 3.63) is 78.3 Å². The third kappa shape index (κ3) is 5.61. The lowest BCUT2D eigenvalue weighted by molar-refractivity contribution is -0.137. The van der Waals surface area contributed by atoms with E-state index >= 15 is 0 Å². The summed E-state index contributed by atoms with van der Waals surface area (Å²) in [6.07, 6.45) is -3.10. The third-order valence-corrected chi connectivity index (χ3v) is 3.79. The van der Waals surface area contributed by atoms with E-state index in [0.29, 0.717) is 11.4 Å². The molecule has 0 aliphatic rings. The fourth-order valence-electron chi connectivity index (χ4n) is 2.47. The number of hydrogen-bond donors (Lipinski definition) is 3. The topological polar surface area (TPSA) is 83.4 Å². The number of carbonyl (C=O) groups excluding carboxylic acids is 2. The molecule has 0 unspecified atom stereocenters. The maximum absolute atomic E-state index is 12.7. The van der Waals surface area contributed by atoms with Crippen molar-refractivity contribution in [3.8, 4) is 0 Å². The first kappa shape index (κ1) is 20.0. The number of benzene rings is 2. The highest BCUT2D eigenvalue weighted by Crippen LogP contribution is 2.30. The van der Waals surface area contributed by atoms with Gasteiger partial charge in [-0.2, -0.15) is 13.2 Å². The zero-order valence-corrected chi connectivity index (χ0v) is 14.9. The predicted molar refractivity (Wildman–Crippen MR) is 102 cm³/mol. The van der Waals surface area contributed by atoms with E-state index in [1.165, 1.54) is 24.5 Å². The molecule has 0 aliphatic heterocycles. The van der Waals surface area contributed by atoms with Crippen molar-refractivity contribution in [3.63, 3.8) is 0 Å². The molecule has 6 nitrogen and oxygen atoms in total. The average molecular weight is 403 g/mol. The molecular formula is C20H16F3N3O3. The van der Waals surface area contributed by atoms with Gasteiger partial charge in [-0.25, -0.2) is 0 Å². The molecule has 0 fully saturated rings. The molecule has 0 bridgehead atoms. The van der Waals surface area contributed by atoms with Gasteiger partial charge >= 0.3 is 6.18 Å². The molecule has 2 aromatic carbocycles. The molecule has 1 aromatic heterocycles. The number of carbonyl (C=O) groups is 2. The molecule has 0 atom stereocenters. The van der Waals surface area contributed by atoms with E-state index < -0.39 is 23.6 Å². The second-order valence-corrected chi connectivity index (χ2v) is 5.99. The van der Waals surface area contributed by atoms with Gasteiger partial charge in [-0.1, -0.05) is 12.1 Å². The van der Waals surface area contributed by atoms with E-state index in [9.17, 15) is 22.8 Å². The minimum atomic E-state index is -4.49. The zero-order chi connectivity index (χ0) is 20.9. The number of anilines is 3. The minimum Gasteiger partial charge on any atom is -0.459 e. The molecular weight excluding hydrogens is 387 g/mol. The molecule has 1 heterocycles. The van der Waals surface area contributed by atoms with Crippen LogP contribution in [0.4, 0.5) is 30.2 Å². The van der Waals surface area contributed by atoms with Crippen molar-refractivity contribution in [1.82, 2.24) is 0 Å². The molecule has 3 rings (SSSR count). The maximum Gasteiger partial charge on any atom is 0.416 e. The Morgan fingerprint density at radius 3 is 2.24 bits per heavy atom. The fourth-order valence-corrected chi connectivity index (χ4v) is 2.47. The number of nitrogens with one attached hydrogen (secondary N) is 3. The van der Waals surface area contributed by atoms with Gasteiger partial charge in [-0.05, 0) is 48.5 Å². The molecule has 29 heavy (non-hydrogen) atoms. The highest BCUT2D eigenvalue weighted by molar-refractivity contribution is 6.02. The fraction of sp³-hybridized carbons (Fsp3) is 0.100. The Bertz CT molecular complexity index is 1000. The van der Waals surface area contributed by atoms with E-state index in [0.717, 1.165) is 12.1 Å². The maximum atomic E-state index is 12.7. The molecule has 0 saturated heterocycles. The molecule has 0 spiro atoms. The molecule has 9 heteroatoms. The summed E-state index contributed by atoms with van der Waals surface area (Å²) in [7, 11) is 0. The van der Waals surface area contributed by atoms with Crippen LogP contribution in [0.15, 0.2) is 71.3 Å². The number of rotatable bonds is 6. The van der Waals surface area contributed by atoms with E-state index in [1.54, 1.807) is 30.3 Å². The number of amides is 2. The quantitative estimate of drug-likeness (QED) is 0.562. The van der Waals surface area contributed by atoms with Gasteiger partial charge in [-0.3, -0.25) is 9.59 Å². The van der Waals surface area contributed by atoms with Gasteiger partial charge in [0.05, 0.1) is 18.4 Å². The first-order valence-corrected chi connectivity index (χ1v) is 8.47. The lowest BCUT2D eigenvalue weighted by Gasteiger charge is -2.11. The van der Waals surface area contributed by atoms with Gasteiger partial charge in [0.1, 0.15) is 0 Å². The Kier molecular flexibility index (Phi) is 5.87. The normalized spacial score (nSPS) is 11.0. The van der Waals surface area contributed by atoms with Crippen LogP contribution < -0.4 is 16.0 Å². The molecule has 150 valence electrons. The van der Waals surface area contributed by atoms with Gasteiger partial charge in [-0.15, -0.1) is 0 Å². The van der Waals surface area contributed by atoms with Gasteiger partial charge in [0.25, 0.3) is 5.91 Å². The van der Waals surface area contributed by atoms with E-state index in [2.05, 4.69) is 16.0 Å². The SMILES string of the molecule is O=C(CNc1cccc(NC(=O)c2ccco2)c1)Nc1cccc(C(F)(F)F)c1. The van der Waals surface area contributed by atoms with Crippen molar-refractivity contribution in [1.29, 1.82) is 0 Å². The number of furan rings is 1. The van der Waals surface area contributed by atoms with Crippen molar-refractivity contribution < 1.29 is 27.2 Å². The van der Waals surface area contributed by atoms with E-state index in [1.807, 2.05) is 0 Å². The summed E-state index contributed by atoms with van der Waals surface area (Å²) >= 11 is 0. The van der Waals surface area contributed by atoms with Crippen molar-refractivity contribution in [2.24, 2.45) is 0 Å². The Morgan fingerprint density at radius 2 is 1.55 bits per heavy atom. The van der Waals surface area contributed by atoms with Crippen molar-refractivity contribution >= 4 is 28.9 Å². The second kappa shape index (κ2) is 8.51. The van der Waals surface area contributed by atoms with Crippen LogP contribution in [-0.2, 0) is 11.0 Å². The zero-order valence-electron chi connectivity index (χ0n) is 14.9. The summed E-state index contributed by atoms with van der Waals surface area (Å²) in [6.45, 7) is -0.175. The summed E-state index contributed by atoms with van der Waals surface area (Å²) in [4.78, 5) is 24.0. The standard InChI is InChI=1S/C20H16F3N3O3/c21-20(22,23)13-4-1-6-15(10-13)25-18(27)12-24-14-5-2-7-16(11-14)26-19(28)17-8-3-9-29-17/h1-11,24H,12H2,(H,25,27)(H,26,28). The van der Waals surface area contributed by atoms with Gasteiger partial charge in [0, 0.05) is 17.1 Å². The Morgan fingerprint density at radius 1 is 0.862 bits per heavy atom. The largest absolute Gasteiger partial charge is 0.459 e. The van der Waals surface area contributed by atoms with Crippen LogP contribution in [0.25, 0.3) is 0 Å². The molecule has 2 amide bonds. The number of alkyl halides is 3. The van der Waals surface area contributed by atoms with Crippen LogP contribution in [0.1, 0.15) is 16.1 Å². The monoisotopic (exact) mass is 403 g/mol. The van der Waals surface area contributed by atoms with E-state index in [4.69, 9.17) is 4.42 Å².